The number of hydrogen-bond donors (Lipinski definition) is 5. The van der Waals surface area contributed by atoms with E-state index >= 15 is 0 Å². The Bertz CT molecular complexity index is 472. The predicted octanol–water partition coefficient (Wildman–Crippen LogP) is -0.0114. The van der Waals surface area contributed by atoms with Crippen LogP contribution in [0.25, 0.3) is 0 Å². The number of phenolic OH excluding ortho intramolecular Hbond substituents is 1. The van der Waals surface area contributed by atoms with Gasteiger partial charge in [0, 0.05) is 18.7 Å². The van der Waals surface area contributed by atoms with Crippen molar-refractivity contribution in [3.63, 3.8) is 0 Å². The third kappa shape index (κ3) is 5.57. The molecular formula is C13H20N4O3. The van der Waals surface area contributed by atoms with E-state index in [4.69, 9.17) is 16.6 Å². The molecule has 7 nitrogen and oxygen atoms in total. The molecule has 0 saturated heterocycles. The smallest absolute Gasteiger partial charge is 0.320 e. The lowest BCUT2D eigenvalue weighted by molar-refractivity contribution is -0.139. The summed E-state index contributed by atoms with van der Waals surface area (Å²) in [5, 5.41) is 21.6. The number of hydrogen-bond acceptors (Lipinski definition) is 4. The topological polar surface area (TPSA) is 134 Å². The highest BCUT2D eigenvalue weighted by Crippen LogP contribution is 2.15. The lowest BCUT2D eigenvalue weighted by Crippen LogP contribution is -2.36. The van der Waals surface area contributed by atoms with Crippen LogP contribution >= 0.6 is 0 Å². The van der Waals surface area contributed by atoms with Crippen LogP contribution in [0.4, 0.5) is 0 Å². The van der Waals surface area contributed by atoms with Gasteiger partial charge < -0.3 is 27.0 Å². The average Bonchev–Trinajstić information content (AvgIpc) is 2.39. The highest BCUT2D eigenvalue weighted by Gasteiger charge is 2.16. The van der Waals surface area contributed by atoms with Crippen molar-refractivity contribution < 1.29 is 15.0 Å². The molecular weight excluding hydrogens is 260 g/mol. The molecule has 7 heteroatoms. The molecule has 110 valence electrons. The number of nitrogens with one attached hydrogen (secondary N) is 1. The summed E-state index contributed by atoms with van der Waals surface area (Å²) in [6, 6.07) is 6.09. The molecule has 0 amide bonds. The standard InChI is InChI=1S/C13H20N4O3/c14-13(15)16-7-3-5-10(12(19)20)17-8-9-4-1-2-6-11(9)18/h1-2,4,6,10,17-18H,3,5,7-8H2,(H,19,20)(H4,14,15,16)/t10-/m0/s1. The molecule has 1 aromatic carbocycles. The minimum Gasteiger partial charge on any atom is -0.508 e. The number of rotatable bonds is 8. The molecule has 0 fully saturated rings. The molecule has 20 heavy (non-hydrogen) atoms. The number of benzene rings is 1. The van der Waals surface area contributed by atoms with E-state index in [1.807, 2.05) is 0 Å². The van der Waals surface area contributed by atoms with Crippen LogP contribution in [-0.4, -0.2) is 34.7 Å². The second kappa shape index (κ2) is 8.00. The van der Waals surface area contributed by atoms with Crippen LogP contribution in [0.15, 0.2) is 29.3 Å². The molecule has 0 aliphatic rings. The molecule has 1 rings (SSSR count). The minimum absolute atomic E-state index is 0.000887. The summed E-state index contributed by atoms with van der Waals surface area (Å²) in [4.78, 5) is 14.9. The SMILES string of the molecule is NC(N)=NCCC[C@H](NCc1ccccc1O)C(=O)O. The van der Waals surface area contributed by atoms with Crippen LogP contribution in [0, 0.1) is 0 Å². The molecule has 0 radical (unpaired) electrons. The van der Waals surface area contributed by atoms with Crippen LogP contribution < -0.4 is 16.8 Å². The Morgan fingerprint density at radius 2 is 2.05 bits per heavy atom. The lowest BCUT2D eigenvalue weighted by Gasteiger charge is -2.14. The molecule has 0 aromatic heterocycles. The van der Waals surface area contributed by atoms with Gasteiger partial charge in [-0.25, -0.2) is 0 Å². The van der Waals surface area contributed by atoms with Crippen LogP contribution in [-0.2, 0) is 11.3 Å². The maximum Gasteiger partial charge on any atom is 0.320 e. The van der Waals surface area contributed by atoms with E-state index in [1.165, 1.54) is 0 Å². The second-order valence-electron chi connectivity index (χ2n) is 4.35. The number of para-hydroxylation sites is 1. The number of nitrogens with zero attached hydrogens (tertiary/aromatic N) is 1. The first kappa shape index (κ1) is 15.8. The van der Waals surface area contributed by atoms with Gasteiger partial charge in [-0.2, -0.15) is 0 Å². The average molecular weight is 280 g/mol. The Kier molecular flexibility index (Phi) is 6.31. The quantitative estimate of drug-likeness (QED) is 0.258. The van der Waals surface area contributed by atoms with Gasteiger partial charge in [-0.05, 0) is 18.9 Å². The summed E-state index contributed by atoms with van der Waals surface area (Å²) >= 11 is 0. The highest BCUT2D eigenvalue weighted by molar-refractivity contribution is 5.75. The van der Waals surface area contributed by atoms with E-state index in [0.29, 0.717) is 24.9 Å². The molecule has 0 saturated carbocycles. The van der Waals surface area contributed by atoms with Crippen molar-refractivity contribution in [2.24, 2.45) is 16.5 Å². The van der Waals surface area contributed by atoms with Gasteiger partial charge >= 0.3 is 5.97 Å². The summed E-state index contributed by atoms with van der Waals surface area (Å²) in [6.45, 7) is 0.677. The first-order chi connectivity index (χ1) is 9.50. The first-order valence-electron chi connectivity index (χ1n) is 6.29. The molecule has 0 aliphatic carbocycles. The van der Waals surface area contributed by atoms with Crippen molar-refractivity contribution >= 4 is 11.9 Å². The minimum atomic E-state index is -0.940. The third-order valence-electron chi connectivity index (χ3n) is 2.77. The molecule has 0 unspecified atom stereocenters. The van der Waals surface area contributed by atoms with Gasteiger partial charge in [-0.3, -0.25) is 9.79 Å². The lowest BCUT2D eigenvalue weighted by atomic mass is 10.1. The Morgan fingerprint density at radius 3 is 2.65 bits per heavy atom. The largest absolute Gasteiger partial charge is 0.508 e. The fourth-order valence-electron chi connectivity index (χ4n) is 1.71. The summed E-state index contributed by atoms with van der Waals surface area (Å²) in [7, 11) is 0. The van der Waals surface area contributed by atoms with E-state index in [-0.39, 0.29) is 18.3 Å². The fraction of sp³-hybridized carbons (Fsp3) is 0.385. The number of aliphatic carboxylic acids is 1. The number of nitrogens with two attached hydrogens (primary N) is 2. The maximum atomic E-state index is 11.1. The summed E-state index contributed by atoms with van der Waals surface area (Å²) in [5.41, 5.74) is 11.0. The van der Waals surface area contributed by atoms with Crippen molar-refractivity contribution in [1.82, 2.24) is 5.32 Å². The van der Waals surface area contributed by atoms with Crippen molar-refractivity contribution in [1.29, 1.82) is 0 Å². The van der Waals surface area contributed by atoms with Crippen molar-refractivity contribution in [3.8, 4) is 5.75 Å². The van der Waals surface area contributed by atoms with Crippen molar-refractivity contribution in [3.05, 3.63) is 29.8 Å². The number of carboxylic acid groups (broad SMARTS) is 1. The number of aliphatic imine (C=N–C) groups is 1. The molecule has 7 N–H and O–H groups in total. The molecule has 0 bridgehead atoms. The van der Waals surface area contributed by atoms with Crippen LogP contribution in [0.3, 0.4) is 0 Å². The van der Waals surface area contributed by atoms with Gasteiger partial charge in [-0.1, -0.05) is 18.2 Å². The summed E-state index contributed by atoms with van der Waals surface area (Å²) in [5.74, 6) is -0.797. The van der Waals surface area contributed by atoms with E-state index in [9.17, 15) is 9.90 Å². The predicted molar refractivity (Wildman–Crippen MR) is 76.3 cm³/mol. The summed E-state index contributed by atoms with van der Waals surface area (Å²) in [6.07, 6.45) is 0.961. The fourth-order valence-corrected chi connectivity index (χ4v) is 1.71. The van der Waals surface area contributed by atoms with E-state index < -0.39 is 12.0 Å². The number of phenols is 1. The Labute approximate surface area is 117 Å². The van der Waals surface area contributed by atoms with Gasteiger partial charge in [0.1, 0.15) is 11.8 Å². The monoisotopic (exact) mass is 280 g/mol. The van der Waals surface area contributed by atoms with Gasteiger partial charge in [0.15, 0.2) is 5.96 Å². The van der Waals surface area contributed by atoms with E-state index in [0.717, 1.165) is 0 Å². The van der Waals surface area contributed by atoms with Crippen molar-refractivity contribution in [2.75, 3.05) is 6.54 Å². The van der Waals surface area contributed by atoms with Gasteiger partial charge in [0.25, 0.3) is 0 Å². The maximum absolute atomic E-state index is 11.1. The number of guanidine groups is 1. The Balaban J connectivity index is 2.45. The zero-order valence-electron chi connectivity index (χ0n) is 11.1. The van der Waals surface area contributed by atoms with Gasteiger partial charge in [0.05, 0.1) is 0 Å². The van der Waals surface area contributed by atoms with Crippen LogP contribution in [0.1, 0.15) is 18.4 Å². The van der Waals surface area contributed by atoms with Gasteiger partial charge in [0.2, 0.25) is 0 Å². The summed E-state index contributed by atoms with van der Waals surface area (Å²) < 4.78 is 0. The highest BCUT2D eigenvalue weighted by atomic mass is 16.4. The molecule has 0 heterocycles. The van der Waals surface area contributed by atoms with Crippen molar-refractivity contribution in [2.45, 2.75) is 25.4 Å². The van der Waals surface area contributed by atoms with E-state index in [2.05, 4.69) is 10.3 Å². The number of aromatic hydroxyl groups is 1. The second-order valence-corrected chi connectivity index (χ2v) is 4.35. The first-order valence-corrected chi connectivity index (χ1v) is 6.29. The van der Waals surface area contributed by atoms with Gasteiger partial charge in [-0.15, -0.1) is 0 Å². The normalized spacial score (nSPS) is 11.8. The zero-order chi connectivity index (χ0) is 15.0. The Morgan fingerprint density at radius 1 is 1.35 bits per heavy atom. The van der Waals surface area contributed by atoms with E-state index in [1.54, 1.807) is 24.3 Å². The molecule has 0 spiro atoms. The van der Waals surface area contributed by atoms with Crippen LogP contribution in [0.2, 0.25) is 0 Å². The number of carboxylic acids is 1. The zero-order valence-corrected chi connectivity index (χ0v) is 11.1. The van der Waals surface area contributed by atoms with Crippen LogP contribution in [0.5, 0.6) is 5.75 Å². The molecule has 1 aromatic rings. The molecule has 1 atom stereocenters. The number of carbonyl (C=O) groups is 1. The molecule has 0 aliphatic heterocycles. The Hall–Kier alpha value is -2.28. The third-order valence-corrected chi connectivity index (χ3v) is 2.77.